The van der Waals surface area contributed by atoms with E-state index in [1.165, 1.54) is 0 Å². The number of rotatable bonds is 0. The first-order valence-electron chi connectivity index (χ1n) is 5.83. The molecule has 0 saturated carbocycles. The molecular formula is C13H16N2O. The lowest BCUT2D eigenvalue weighted by atomic mass is 10.0. The van der Waals surface area contributed by atoms with E-state index in [-0.39, 0.29) is 12.1 Å². The van der Waals surface area contributed by atoms with Gasteiger partial charge in [0, 0.05) is 13.6 Å². The summed E-state index contributed by atoms with van der Waals surface area (Å²) in [5.74, 6) is 0.208. The highest BCUT2D eigenvalue weighted by Crippen LogP contribution is 2.34. The molecule has 0 radical (unpaired) electrons. The van der Waals surface area contributed by atoms with Crippen molar-refractivity contribution < 1.29 is 4.79 Å². The fourth-order valence-electron chi connectivity index (χ4n) is 2.83. The van der Waals surface area contributed by atoms with Gasteiger partial charge in [0.2, 0.25) is 0 Å². The fraction of sp³-hybridized carbons (Fsp3) is 0.462. The Morgan fingerprint density at radius 2 is 2.19 bits per heavy atom. The third-order valence-corrected chi connectivity index (χ3v) is 3.69. The molecule has 1 saturated heterocycles. The van der Waals surface area contributed by atoms with Crippen LogP contribution < -0.4 is 4.90 Å². The van der Waals surface area contributed by atoms with Gasteiger partial charge >= 0.3 is 0 Å². The molecular weight excluding hydrogens is 200 g/mol. The monoisotopic (exact) mass is 216 g/mol. The first-order valence-corrected chi connectivity index (χ1v) is 5.83. The van der Waals surface area contributed by atoms with E-state index in [9.17, 15) is 4.79 Å². The molecule has 3 nitrogen and oxygen atoms in total. The minimum atomic E-state index is 0.208. The standard InChI is InChI=1S/C13H16N2O/c1-9-5-6-11-10(8-9)13(16)15-7-3-4-12(15)14(11)2/h5-6,8,12H,3-4,7H2,1-2H3. The number of hydrogen-bond donors (Lipinski definition) is 0. The number of nitrogens with zero attached hydrogens (tertiary/aromatic N) is 2. The second-order valence-electron chi connectivity index (χ2n) is 4.75. The number of carbonyl (C=O) groups excluding carboxylic acids is 1. The van der Waals surface area contributed by atoms with Crippen LogP contribution in [0.1, 0.15) is 28.8 Å². The molecule has 1 unspecified atom stereocenters. The Kier molecular flexibility index (Phi) is 1.96. The summed E-state index contributed by atoms with van der Waals surface area (Å²) in [6.45, 7) is 2.94. The topological polar surface area (TPSA) is 23.6 Å². The van der Waals surface area contributed by atoms with Crippen molar-refractivity contribution in [2.75, 3.05) is 18.5 Å². The molecule has 1 aromatic carbocycles. The molecule has 0 spiro atoms. The third-order valence-electron chi connectivity index (χ3n) is 3.69. The Labute approximate surface area is 95.7 Å². The van der Waals surface area contributed by atoms with Crippen LogP contribution in [-0.4, -0.2) is 30.6 Å². The zero-order valence-electron chi connectivity index (χ0n) is 9.73. The summed E-state index contributed by atoms with van der Waals surface area (Å²) in [4.78, 5) is 16.5. The van der Waals surface area contributed by atoms with E-state index in [1.54, 1.807) is 0 Å². The Morgan fingerprint density at radius 1 is 1.38 bits per heavy atom. The summed E-state index contributed by atoms with van der Waals surface area (Å²) in [5.41, 5.74) is 3.09. The van der Waals surface area contributed by atoms with Crippen molar-refractivity contribution in [3.63, 3.8) is 0 Å². The van der Waals surface area contributed by atoms with E-state index in [0.29, 0.717) is 0 Å². The van der Waals surface area contributed by atoms with Crippen molar-refractivity contribution in [3.05, 3.63) is 29.3 Å². The van der Waals surface area contributed by atoms with E-state index in [2.05, 4.69) is 24.1 Å². The van der Waals surface area contributed by atoms with Crippen molar-refractivity contribution in [1.29, 1.82) is 0 Å². The van der Waals surface area contributed by atoms with Gasteiger partial charge in [-0.15, -0.1) is 0 Å². The summed E-state index contributed by atoms with van der Waals surface area (Å²) >= 11 is 0. The lowest BCUT2D eigenvalue weighted by molar-refractivity contribution is 0.0719. The molecule has 0 aromatic heterocycles. The molecule has 3 rings (SSSR count). The van der Waals surface area contributed by atoms with Gasteiger partial charge < -0.3 is 9.80 Å². The van der Waals surface area contributed by atoms with Gasteiger partial charge in [-0.1, -0.05) is 11.6 Å². The third kappa shape index (κ3) is 1.17. The van der Waals surface area contributed by atoms with Crippen molar-refractivity contribution in [2.24, 2.45) is 0 Å². The predicted molar refractivity (Wildman–Crippen MR) is 63.6 cm³/mol. The van der Waals surface area contributed by atoms with E-state index < -0.39 is 0 Å². The molecule has 0 aliphatic carbocycles. The second-order valence-corrected chi connectivity index (χ2v) is 4.75. The fourth-order valence-corrected chi connectivity index (χ4v) is 2.83. The molecule has 3 heteroatoms. The van der Waals surface area contributed by atoms with Gasteiger partial charge in [0.15, 0.2) is 0 Å². The number of amides is 1. The molecule has 0 bridgehead atoms. The highest BCUT2D eigenvalue weighted by molar-refractivity contribution is 6.02. The Morgan fingerprint density at radius 3 is 3.00 bits per heavy atom. The minimum absolute atomic E-state index is 0.208. The van der Waals surface area contributed by atoms with Gasteiger partial charge in [-0.25, -0.2) is 0 Å². The largest absolute Gasteiger partial charge is 0.354 e. The number of hydrogen-bond acceptors (Lipinski definition) is 2. The maximum atomic E-state index is 12.3. The quantitative estimate of drug-likeness (QED) is 0.662. The van der Waals surface area contributed by atoms with Crippen molar-refractivity contribution >= 4 is 11.6 Å². The van der Waals surface area contributed by atoms with Crippen LogP contribution in [0.2, 0.25) is 0 Å². The van der Waals surface area contributed by atoms with E-state index in [1.807, 2.05) is 17.9 Å². The average Bonchev–Trinajstić information content (AvgIpc) is 2.75. The van der Waals surface area contributed by atoms with Crippen LogP contribution in [0.25, 0.3) is 0 Å². The maximum Gasteiger partial charge on any atom is 0.257 e. The van der Waals surface area contributed by atoms with Crippen LogP contribution >= 0.6 is 0 Å². The summed E-state index contributed by atoms with van der Waals surface area (Å²) in [6.07, 6.45) is 2.49. The molecule has 84 valence electrons. The molecule has 0 N–H and O–H groups in total. The first kappa shape index (κ1) is 9.70. The summed E-state index contributed by atoms with van der Waals surface area (Å²) in [7, 11) is 2.09. The first-order chi connectivity index (χ1) is 7.68. The SMILES string of the molecule is Cc1ccc2c(c1)C(=O)N1CCCC1N2C. The van der Waals surface area contributed by atoms with Gasteiger partial charge in [0.1, 0.15) is 6.17 Å². The highest BCUT2D eigenvalue weighted by Gasteiger charge is 2.38. The van der Waals surface area contributed by atoms with E-state index in [0.717, 1.165) is 36.2 Å². The molecule has 1 amide bonds. The lowest BCUT2D eigenvalue weighted by Crippen LogP contribution is -2.50. The van der Waals surface area contributed by atoms with Crippen LogP contribution in [0.15, 0.2) is 18.2 Å². The van der Waals surface area contributed by atoms with Crippen molar-refractivity contribution in [2.45, 2.75) is 25.9 Å². The van der Waals surface area contributed by atoms with Crippen LogP contribution in [-0.2, 0) is 0 Å². The van der Waals surface area contributed by atoms with Gasteiger partial charge in [0.25, 0.3) is 5.91 Å². The summed E-state index contributed by atoms with van der Waals surface area (Å²) < 4.78 is 0. The van der Waals surface area contributed by atoms with Crippen LogP contribution in [0.4, 0.5) is 5.69 Å². The predicted octanol–water partition coefficient (Wildman–Crippen LogP) is 2.01. The van der Waals surface area contributed by atoms with Crippen LogP contribution in [0.3, 0.4) is 0 Å². The molecule has 1 atom stereocenters. The number of carbonyl (C=O) groups is 1. The average molecular weight is 216 g/mol. The molecule has 2 heterocycles. The Hall–Kier alpha value is -1.51. The number of fused-ring (bicyclic) bond motifs is 2. The van der Waals surface area contributed by atoms with Crippen LogP contribution in [0.5, 0.6) is 0 Å². The molecule has 2 aliphatic rings. The zero-order valence-corrected chi connectivity index (χ0v) is 9.73. The van der Waals surface area contributed by atoms with E-state index in [4.69, 9.17) is 0 Å². The normalized spacial score (nSPS) is 23.4. The summed E-state index contributed by atoms with van der Waals surface area (Å²) in [6, 6.07) is 6.15. The van der Waals surface area contributed by atoms with Gasteiger partial charge in [-0.2, -0.15) is 0 Å². The number of anilines is 1. The Bertz CT molecular complexity index is 455. The Balaban J connectivity index is 2.15. The number of aryl methyl sites for hydroxylation is 1. The number of benzene rings is 1. The maximum absolute atomic E-state index is 12.3. The van der Waals surface area contributed by atoms with Gasteiger partial charge in [-0.3, -0.25) is 4.79 Å². The summed E-state index contributed by atoms with van der Waals surface area (Å²) in [5, 5.41) is 0. The van der Waals surface area contributed by atoms with Gasteiger partial charge in [-0.05, 0) is 31.9 Å². The van der Waals surface area contributed by atoms with Crippen LogP contribution in [0, 0.1) is 6.92 Å². The van der Waals surface area contributed by atoms with Crippen molar-refractivity contribution in [1.82, 2.24) is 4.90 Å². The van der Waals surface area contributed by atoms with Crippen molar-refractivity contribution in [3.8, 4) is 0 Å². The molecule has 1 fully saturated rings. The second kappa shape index (κ2) is 3.24. The molecule has 1 aromatic rings. The highest BCUT2D eigenvalue weighted by atomic mass is 16.2. The smallest absolute Gasteiger partial charge is 0.257 e. The molecule has 2 aliphatic heterocycles. The lowest BCUT2D eigenvalue weighted by Gasteiger charge is -2.39. The van der Waals surface area contributed by atoms with Gasteiger partial charge in [0.05, 0.1) is 11.3 Å². The zero-order chi connectivity index (χ0) is 11.3. The molecule has 16 heavy (non-hydrogen) atoms. The minimum Gasteiger partial charge on any atom is -0.354 e. The van der Waals surface area contributed by atoms with E-state index >= 15 is 0 Å².